The van der Waals surface area contributed by atoms with Gasteiger partial charge < -0.3 is 14.6 Å². The average molecular weight is 483 g/mol. The number of hydrazine groups is 1. The van der Waals surface area contributed by atoms with E-state index in [4.69, 9.17) is 15.2 Å². The summed E-state index contributed by atoms with van der Waals surface area (Å²) in [7, 11) is 1.71. The third kappa shape index (κ3) is 3.66. The van der Waals surface area contributed by atoms with Crippen LogP contribution in [0.2, 0.25) is 0 Å². The lowest BCUT2D eigenvalue weighted by molar-refractivity contribution is -0.134. The van der Waals surface area contributed by atoms with Gasteiger partial charge in [0.15, 0.2) is 11.6 Å². The van der Waals surface area contributed by atoms with Crippen molar-refractivity contribution in [3.63, 3.8) is 0 Å². The van der Waals surface area contributed by atoms with Crippen molar-refractivity contribution in [3.8, 4) is 0 Å². The van der Waals surface area contributed by atoms with Crippen molar-refractivity contribution in [3.05, 3.63) is 40.3 Å². The minimum atomic E-state index is -0.163. The summed E-state index contributed by atoms with van der Waals surface area (Å²) < 4.78 is 10.5. The number of rotatable bonds is 5. The van der Waals surface area contributed by atoms with Crippen LogP contribution in [0.5, 0.6) is 0 Å². The smallest absolute Gasteiger partial charge is 0.345 e. The first kappa shape index (κ1) is 22.1. The number of carbonyl (C=O) groups excluding carboxylic acids is 1. The van der Waals surface area contributed by atoms with Crippen molar-refractivity contribution < 1.29 is 9.21 Å². The third-order valence-corrected chi connectivity index (χ3v) is 7.18. The first-order valence-corrected chi connectivity index (χ1v) is 12.1. The summed E-state index contributed by atoms with van der Waals surface area (Å²) in [5, 5.41) is 4.76. The molecule has 1 amide bonds. The van der Waals surface area contributed by atoms with Gasteiger partial charge in [-0.2, -0.15) is 4.98 Å². The molecule has 3 aliphatic rings. The lowest BCUT2D eigenvalue weighted by Gasteiger charge is -2.35. The largest absolute Gasteiger partial charge is 0.463 e. The number of anilines is 1. The van der Waals surface area contributed by atoms with Gasteiger partial charge in [0.05, 0.1) is 12.3 Å². The fourth-order valence-corrected chi connectivity index (χ4v) is 5.24. The fraction of sp³-hybridized carbons (Fsp3) is 0.545. The molecule has 0 radical (unpaired) electrons. The van der Waals surface area contributed by atoms with E-state index < -0.39 is 0 Å². The van der Waals surface area contributed by atoms with Crippen molar-refractivity contribution >= 4 is 23.2 Å². The third-order valence-electron chi connectivity index (χ3n) is 7.18. The molecule has 2 saturated heterocycles. The maximum Gasteiger partial charge on any atom is 0.345 e. The number of hydrogen-bond acceptors (Lipinski definition) is 9. The summed E-state index contributed by atoms with van der Waals surface area (Å²) in [5.74, 6) is 8.06. The van der Waals surface area contributed by atoms with E-state index in [-0.39, 0.29) is 24.3 Å². The normalized spacial score (nSPS) is 21.1. The molecule has 6 rings (SSSR count). The lowest BCUT2D eigenvalue weighted by atomic mass is 10.2. The Hall–Kier alpha value is -3.42. The molecule has 3 aliphatic heterocycles. The predicted molar refractivity (Wildman–Crippen MR) is 128 cm³/mol. The highest BCUT2D eigenvalue weighted by Crippen LogP contribution is 2.27. The number of aromatic nitrogens is 4. The fourth-order valence-electron chi connectivity index (χ4n) is 5.24. The number of imidazole rings is 1. The van der Waals surface area contributed by atoms with Crippen LogP contribution in [0.25, 0.3) is 5.78 Å². The van der Waals surface area contributed by atoms with Crippen LogP contribution < -0.4 is 21.9 Å². The van der Waals surface area contributed by atoms with E-state index in [1.165, 1.54) is 9.69 Å². The Morgan fingerprint density at radius 1 is 1.26 bits per heavy atom. The molecular formula is C22H30N10O3. The molecule has 0 aromatic carbocycles. The summed E-state index contributed by atoms with van der Waals surface area (Å²) in [5.41, 5.74) is 1.09. The van der Waals surface area contributed by atoms with E-state index in [0.717, 1.165) is 32.5 Å². The lowest BCUT2D eigenvalue weighted by Crippen LogP contribution is -2.53. The summed E-state index contributed by atoms with van der Waals surface area (Å²) in [6.07, 6.45) is 3.57. The minimum absolute atomic E-state index is 0.0269. The summed E-state index contributed by atoms with van der Waals surface area (Å²) in [6, 6.07) is 3.60. The molecule has 13 heteroatoms. The zero-order valence-electron chi connectivity index (χ0n) is 19.8. The van der Waals surface area contributed by atoms with Gasteiger partial charge >= 0.3 is 5.69 Å². The van der Waals surface area contributed by atoms with Crippen LogP contribution in [0, 0.1) is 0 Å². The van der Waals surface area contributed by atoms with E-state index >= 15 is 0 Å². The molecule has 13 nitrogen and oxygen atoms in total. The van der Waals surface area contributed by atoms with Gasteiger partial charge in [0.1, 0.15) is 18.1 Å². The molecule has 3 aromatic rings. The molecule has 6 heterocycles. The van der Waals surface area contributed by atoms with E-state index in [1.54, 1.807) is 28.5 Å². The molecule has 0 spiro atoms. The highest BCUT2D eigenvalue weighted by atomic mass is 16.3. The minimum Gasteiger partial charge on any atom is -0.463 e. The summed E-state index contributed by atoms with van der Waals surface area (Å²) in [6.45, 7) is 5.32. The zero-order chi connectivity index (χ0) is 24.1. The monoisotopic (exact) mass is 482 g/mol. The first-order chi connectivity index (χ1) is 17.0. The van der Waals surface area contributed by atoms with Crippen LogP contribution in [-0.4, -0.2) is 92.1 Å². The standard InChI is InChI=1S/C22H30N10O3/c1-27-22(34)30(12-9-28-7-10-29(11-8-28)20(33)15-4-2-6-24-15)21-26-19-18(32(21)27)17(25-14-31(19)23)16-5-3-13-35-16/h3,5,13,15,24H,2,4,6-12,14,23H2,1H3/t15-/m0/s1. The van der Waals surface area contributed by atoms with E-state index in [2.05, 4.69) is 15.2 Å². The number of nitrogens with zero attached hydrogens (tertiary/aromatic N) is 8. The van der Waals surface area contributed by atoms with Crippen molar-refractivity contribution in [2.75, 3.05) is 50.9 Å². The number of carbonyl (C=O) groups is 1. The zero-order valence-corrected chi connectivity index (χ0v) is 19.8. The first-order valence-electron chi connectivity index (χ1n) is 12.1. The van der Waals surface area contributed by atoms with Crippen molar-refractivity contribution in [1.29, 1.82) is 0 Å². The van der Waals surface area contributed by atoms with Gasteiger partial charge in [0.2, 0.25) is 11.7 Å². The van der Waals surface area contributed by atoms with Crippen LogP contribution >= 0.6 is 0 Å². The number of nitrogens with two attached hydrogens (primary N) is 1. The van der Waals surface area contributed by atoms with Crippen LogP contribution in [0.3, 0.4) is 0 Å². The molecule has 0 saturated carbocycles. The van der Waals surface area contributed by atoms with Crippen molar-refractivity contribution in [2.24, 2.45) is 17.9 Å². The van der Waals surface area contributed by atoms with Gasteiger partial charge in [0, 0.05) is 46.3 Å². The Morgan fingerprint density at radius 3 is 2.80 bits per heavy atom. The Labute approximate surface area is 201 Å². The molecular weight excluding hydrogens is 452 g/mol. The van der Waals surface area contributed by atoms with Gasteiger partial charge in [0.25, 0.3) is 0 Å². The molecule has 0 aliphatic carbocycles. The second-order valence-corrected chi connectivity index (χ2v) is 9.26. The highest BCUT2D eigenvalue weighted by Gasteiger charge is 2.32. The molecule has 35 heavy (non-hydrogen) atoms. The van der Waals surface area contributed by atoms with E-state index in [9.17, 15) is 9.59 Å². The molecule has 186 valence electrons. The second kappa shape index (κ2) is 8.66. The predicted octanol–water partition coefficient (Wildman–Crippen LogP) is -1.19. The summed E-state index contributed by atoms with van der Waals surface area (Å²) >= 11 is 0. The number of aryl methyl sites for hydroxylation is 1. The molecule has 0 unspecified atom stereocenters. The van der Waals surface area contributed by atoms with Gasteiger partial charge in [-0.15, -0.1) is 0 Å². The number of nitrogens with one attached hydrogen (secondary N) is 1. The van der Waals surface area contributed by atoms with Gasteiger partial charge in [-0.05, 0) is 31.5 Å². The number of aliphatic imine (C=N–C) groups is 1. The second-order valence-electron chi connectivity index (χ2n) is 9.26. The van der Waals surface area contributed by atoms with Gasteiger partial charge in [-0.3, -0.25) is 24.3 Å². The maximum atomic E-state index is 13.1. The van der Waals surface area contributed by atoms with Crippen molar-refractivity contribution in [1.82, 2.24) is 33.9 Å². The van der Waals surface area contributed by atoms with E-state index in [1.807, 2.05) is 11.0 Å². The summed E-state index contributed by atoms with van der Waals surface area (Å²) in [4.78, 5) is 39.3. The molecule has 3 N–H and O–H groups in total. The topological polar surface area (TPSA) is 135 Å². The van der Waals surface area contributed by atoms with Gasteiger partial charge in [-0.1, -0.05) is 0 Å². The van der Waals surface area contributed by atoms with Crippen molar-refractivity contribution in [2.45, 2.75) is 25.4 Å². The molecule has 3 aromatic heterocycles. The Bertz CT molecular complexity index is 1320. The average Bonchev–Trinajstić information content (AvgIpc) is 3.67. The number of hydrogen-bond donors (Lipinski definition) is 2. The maximum absolute atomic E-state index is 13.1. The molecule has 1 atom stereocenters. The molecule has 0 bridgehead atoms. The Morgan fingerprint density at radius 2 is 2.09 bits per heavy atom. The Kier molecular flexibility index (Phi) is 5.46. The SMILES string of the molecule is Cn1c(=O)n(CCN2CCN(C(=O)[C@@H]3CCCN3)CC2)c2nc3c(n21)C(c1ccco1)=NCN3N. The van der Waals surface area contributed by atoms with E-state index in [0.29, 0.717) is 54.9 Å². The number of fused-ring (bicyclic) bond motifs is 3. The number of furan rings is 1. The number of piperazine rings is 1. The van der Waals surface area contributed by atoms with Crippen LogP contribution in [-0.2, 0) is 18.4 Å². The van der Waals surface area contributed by atoms with Gasteiger partial charge in [-0.25, -0.2) is 19.8 Å². The Balaban J connectivity index is 1.21. The van der Waals surface area contributed by atoms with Crippen LogP contribution in [0.4, 0.5) is 5.82 Å². The van der Waals surface area contributed by atoms with Crippen LogP contribution in [0.15, 0.2) is 32.6 Å². The number of amides is 1. The molecule has 2 fully saturated rings. The highest BCUT2D eigenvalue weighted by molar-refractivity contribution is 6.14. The van der Waals surface area contributed by atoms with Crippen LogP contribution in [0.1, 0.15) is 24.3 Å². The quantitative estimate of drug-likeness (QED) is 0.434.